The number of aromatic nitrogens is 2. The summed E-state index contributed by atoms with van der Waals surface area (Å²) in [4.78, 5) is 4.31. The first kappa shape index (κ1) is 10.8. The minimum Gasteiger partial charge on any atom is -0.339 e. The highest BCUT2D eigenvalue weighted by Gasteiger charge is 2.06. The van der Waals surface area contributed by atoms with Gasteiger partial charge in [0.25, 0.3) is 0 Å². The molecule has 0 unspecified atom stereocenters. The monoisotopic (exact) mass is 217 g/mol. The van der Waals surface area contributed by atoms with Crippen LogP contribution in [0.25, 0.3) is 0 Å². The summed E-state index contributed by atoms with van der Waals surface area (Å²) in [5.74, 6) is 1.41. The van der Waals surface area contributed by atoms with E-state index < -0.39 is 0 Å². The Labute approximate surface area is 94.5 Å². The summed E-state index contributed by atoms with van der Waals surface area (Å²) < 4.78 is 5.16. The van der Waals surface area contributed by atoms with Crippen LogP contribution in [-0.4, -0.2) is 16.7 Å². The summed E-state index contributed by atoms with van der Waals surface area (Å²) in [5, 5.41) is 3.91. The number of aryl methyl sites for hydroxylation is 1. The first-order valence-corrected chi connectivity index (χ1v) is 5.44. The van der Waals surface area contributed by atoms with Crippen molar-refractivity contribution < 1.29 is 4.52 Å². The molecule has 0 fully saturated rings. The van der Waals surface area contributed by atoms with E-state index in [-0.39, 0.29) is 0 Å². The van der Waals surface area contributed by atoms with Gasteiger partial charge in [0.15, 0.2) is 5.82 Å². The Morgan fingerprint density at radius 1 is 1.19 bits per heavy atom. The maximum atomic E-state index is 5.42. The molecule has 4 nitrogen and oxygen atoms in total. The molecule has 0 amide bonds. The topological polar surface area (TPSA) is 64.9 Å². The molecular formula is C12H15N3O. The van der Waals surface area contributed by atoms with Crippen molar-refractivity contribution in [2.24, 2.45) is 5.73 Å². The molecule has 0 atom stereocenters. The molecule has 0 aliphatic carbocycles. The number of benzene rings is 1. The van der Waals surface area contributed by atoms with Crippen LogP contribution in [0.3, 0.4) is 0 Å². The number of rotatable bonds is 5. The fourth-order valence-corrected chi connectivity index (χ4v) is 1.49. The molecule has 1 aromatic heterocycles. The molecule has 84 valence electrons. The zero-order chi connectivity index (χ0) is 11.2. The predicted molar refractivity (Wildman–Crippen MR) is 60.9 cm³/mol. The van der Waals surface area contributed by atoms with Gasteiger partial charge in [0.2, 0.25) is 5.89 Å². The molecule has 16 heavy (non-hydrogen) atoms. The number of hydrogen-bond donors (Lipinski definition) is 1. The van der Waals surface area contributed by atoms with Gasteiger partial charge in [-0.05, 0) is 18.5 Å². The fourth-order valence-electron chi connectivity index (χ4n) is 1.49. The van der Waals surface area contributed by atoms with E-state index in [1.807, 2.05) is 30.3 Å². The van der Waals surface area contributed by atoms with Gasteiger partial charge in [-0.15, -0.1) is 0 Å². The lowest BCUT2D eigenvalue weighted by atomic mass is 10.1. The van der Waals surface area contributed by atoms with Crippen molar-refractivity contribution in [3.63, 3.8) is 0 Å². The zero-order valence-electron chi connectivity index (χ0n) is 9.10. The highest BCUT2D eigenvalue weighted by atomic mass is 16.5. The van der Waals surface area contributed by atoms with Crippen LogP contribution in [0.1, 0.15) is 23.7 Å². The first-order valence-electron chi connectivity index (χ1n) is 5.44. The zero-order valence-corrected chi connectivity index (χ0v) is 9.10. The van der Waals surface area contributed by atoms with Gasteiger partial charge in [-0.25, -0.2) is 0 Å². The molecular weight excluding hydrogens is 202 g/mol. The Morgan fingerprint density at radius 3 is 2.75 bits per heavy atom. The van der Waals surface area contributed by atoms with Gasteiger partial charge in [-0.2, -0.15) is 4.98 Å². The molecule has 2 N–H and O–H groups in total. The second-order valence-corrected chi connectivity index (χ2v) is 3.66. The van der Waals surface area contributed by atoms with Gasteiger partial charge >= 0.3 is 0 Å². The average Bonchev–Trinajstić information content (AvgIpc) is 2.75. The van der Waals surface area contributed by atoms with Gasteiger partial charge in [-0.3, -0.25) is 0 Å². The summed E-state index contributed by atoms with van der Waals surface area (Å²) in [6.07, 6.45) is 2.37. The van der Waals surface area contributed by atoms with Crippen LogP contribution in [0.2, 0.25) is 0 Å². The van der Waals surface area contributed by atoms with Crippen LogP contribution in [-0.2, 0) is 12.8 Å². The lowest BCUT2D eigenvalue weighted by Crippen LogP contribution is -2.01. The van der Waals surface area contributed by atoms with Crippen molar-refractivity contribution in [3.05, 3.63) is 47.6 Å². The van der Waals surface area contributed by atoms with E-state index in [1.54, 1.807) is 0 Å². The molecule has 4 heteroatoms. The Morgan fingerprint density at radius 2 is 2.00 bits per heavy atom. The SMILES string of the molecule is NCCCc1noc(Cc2ccccc2)n1. The van der Waals surface area contributed by atoms with Crippen molar-refractivity contribution >= 4 is 0 Å². The number of hydrogen-bond acceptors (Lipinski definition) is 4. The van der Waals surface area contributed by atoms with Gasteiger partial charge in [0, 0.05) is 6.42 Å². The first-order chi connectivity index (χ1) is 7.88. The number of nitrogens with zero attached hydrogens (tertiary/aromatic N) is 2. The standard InChI is InChI=1S/C12H15N3O/c13-8-4-7-11-14-12(16-15-11)9-10-5-2-1-3-6-10/h1-3,5-6H,4,7-9,13H2. The Hall–Kier alpha value is -1.68. The van der Waals surface area contributed by atoms with Crippen LogP contribution in [0.5, 0.6) is 0 Å². The van der Waals surface area contributed by atoms with Crippen molar-refractivity contribution in [3.8, 4) is 0 Å². The van der Waals surface area contributed by atoms with E-state index in [4.69, 9.17) is 10.3 Å². The van der Waals surface area contributed by atoms with Crippen LogP contribution < -0.4 is 5.73 Å². The summed E-state index contributed by atoms with van der Waals surface area (Å²) in [6, 6.07) is 10.1. The van der Waals surface area contributed by atoms with Gasteiger partial charge < -0.3 is 10.3 Å². The molecule has 0 saturated heterocycles. The molecule has 0 spiro atoms. The van der Waals surface area contributed by atoms with Crippen LogP contribution in [0, 0.1) is 0 Å². The lowest BCUT2D eigenvalue weighted by Gasteiger charge is -1.94. The summed E-state index contributed by atoms with van der Waals surface area (Å²) in [6.45, 7) is 0.655. The Bertz CT molecular complexity index is 425. The molecule has 0 saturated carbocycles. The van der Waals surface area contributed by atoms with E-state index in [1.165, 1.54) is 5.56 Å². The van der Waals surface area contributed by atoms with Crippen molar-refractivity contribution in [1.29, 1.82) is 0 Å². The lowest BCUT2D eigenvalue weighted by molar-refractivity contribution is 0.379. The minimum absolute atomic E-state index is 0.655. The predicted octanol–water partition coefficient (Wildman–Crippen LogP) is 1.55. The third-order valence-electron chi connectivity index (χ3n) is 2.31. The minimum atomic E-state index is 0.655. The maximum absolute atomic E-state index is 5.42. The Balaban J connectivity index is 1.97. The molecule has 2 aromatic rings. The highest BCUT2D eigenvalue weighted by Crippen LogP contribution is 2.07. The van der Waals surface area contributed by atoms with Gasteiger partial charge in [-0.1, -0.05) is 35.5 Å². The van der Waals surface area contributed by atoms with Crippen molar-refractivity contribution in [1.82, 2.24) is 10.1 Å². The third-order valence-corrected chi connectivity index (χ3v) is 2.31. The summed E-state index contributed by atoms with van der Waals surface area (Å²) in [7, 11) is 0. The van der Waals surface area contributed by atoms with Crippen molar-refractivity contribution in [2.45, 2.75) is 19.3 Å². The molecule has 0 bridgehead atoms. The fraction of sp³-hybridized carbons (Fsp3) is 0.333. The molecule has 0 radical (unpaired) electrons. The van der Waals surface area contributed by atoms with E-state index >= 15 is 0 Å². The largest absolute Gasteiger partial charge is 0.339 e. The van der Waals surface area contributed by atoms with Gasteiger partial charge in [0.1, 0.15) is 0 Å². The van der Waals surface area contributed by atoms with E-state index in [0.717, 1.165) is 18.7 Å². The number of nitrogens with two attached hydrogens (primary N) is 1. The van der Waals surface area contributed by atoms with Crippen molar-refractivity contribution in [2.75, 3.05) is 6.54 Å². The van der Waals surface area contributed by atoms with Crippen LogP contribution in [0.15, 0.2) is 34.9 Å². The highest BCUT2D eigenvalue weighted by molar-refractivity contribution is 5.17. The van der Waals surface area contributed by atoms with E-state index in [9.17, 15) is 0 Å². The second kappa shape index (κ2) is 5.42. The maximum Gasteiger partial charge on any atom is 0.231 e. The van der Waals surface area contributed by atoms with E-state index in [2.05, 4.69) is 10.1 Å². The molecule has 1 aromatic carbocycles. The smallest absolute Gasteiger partial charge is 0.231 e. The molecule has 2 rings (SSSR count). The molecule has 1 heterocycles. The second-order valence-electron chi connectivity index (χ2n) is 3.66. The van der Waals surface area contributed by atoms with E-state index in [0.29, 0.717) is 18.9 Å². The third kappa shape index (κ3) is 2.90. The average molecular weight is 217 g/mol. The molecule has 0 aliphatic heterocycles. The quantitative estimate of drug-likeness (QED) is 0.825. The molecule has 0 aliphatic rings. The summed E-state index contributed by atoms with van der Waals surface area (Å²) in [5.41, 5.74) is 6.60. The van der Waals surface area contributed by atoms with Crippen LogP contribution in [0.4, 0.5) is 0 Å². The Kier molecular flexibility index (Phi) is 3.66. The van der Waals surface area contributed by atoms with Gasteiger partial charge in [0.05, 0.1) is 6.42 Å². The van der Waals surface area contributed by atoms with Crippen LogP contribution >= 0.6 is 0 Å². The summed E-state index contributed by atoms with van der Waals surface area (Å²) >= 11 is 0. The normalized spacial score (nSPS) is 10.6.